The van der Waals surface area contributed by atoms with Crippen LogP contribution >= 0.6 is 39.1 Å². The number of halogens is 3. The molecule has 2 atom stereocenters. The van der Waals surface area contributed by atoms with E-state index >= 15 is 0 Å². The highest BCUT2D eigenvalue weighted by Crippen LogP contribution is 2.44. The second kappa shape index (κ2) is 8.09. The van der Waals surface area contributed by atoms with Crippen LogP contribution in [0.1, 0.15) is 22.3 Å². The number of alkyl halides is 1. The molecule has 1 saturated heterocycles. The molecule has 6 heteroatoms. The topological polar surface area (TPSA) is 35.5 Å². The molecule has 132 valence electrons. The number of rotatable bonds is 5. The summed E-state index contributed by atoms with van der Waals surface area (Å²) in [6.45, 7) is 0.820. The lowest BCUT2D eigenvalue weighted by Gasteiger charge is -2.28. The van der Waals surface area contributed by atoms with Gasteiger partial charge in [0.2, 0.25) is 0 Å². The van der Waals surface area contributed by atoms with E-state index in [4.69, 9.17) is 32.7 Å². The van der Waals surface area contributed by atoms with E-state index in [0.717, 1.165) is 5.56 Å². The molecule has 1 heterocycles. The summed E-state index contributed by atoms with van der Waals surface area (Å²) in [5.41, 5.74) is 0.909. The first-order valence-corrected chi connectivity index (χ1v) is 9.79. The molecule has 3 rings (SSSR count). The summed E-state index contributed by atoms with van der Waals surface area (Å²) in [6, 6.07) is 14.4. The number of benzene rings is 2. The van der Waals surface area contributed by atoms with Crippen LogP contribution in [0.4, 0.5) is 0 Å². The third kappa shape index (κ3) is 4.20. The summed E-state index contributed by atoms with van der Waals surface area (Å²) in [7, 11) is 0. The maximum absolute atomic E-state index is 12.1. The molecule has 0 bridgehead atoms. The number of ether oxygens (including phenoxy) is 2. The molecular weight excluding hydrogens is 427 g/mol. The number of carbonyl (C=O) groups is 1. The zero-order valence-electron chi connectivity index (χ0n) is 13.4. The Labute approximate surface area is 165 Å². The first-order chi connectivity index (χ1) is 12.0. The zero-order valence-corrected chi connectivity index (χ0v) is 16.5. The maximum atomic E-state index is 12.1. The summed E-state index contributed by atoms with van der Waals surface area (Å²) in [4.78, 5) is 12.1. The quantitative estimate of drug-likeness (QED) is 0.453. The van der Waals surface area contributed by atoms with Crippen LogP contribution in [0.25, 0.3) is 0 Å². The second-order valence-electron chi connectivity index (χ2n) is 6.10. The van der Waals surface area contributed by atoms with Gasteiger partial charge in [0.05, 0.1) is 18.8 Å². The van der Waals surface area contributed by atoms with E-state index in [1.54, 1.807) is 24.3 Å². The Morgan fingerprint density at radius 2 is 2.00 bits per heavy atom. The number of hydrogen-bond donors (Lipinski definition) is 0. The van der Waals surface area contributed by atoms with Crippen LogP contribution in [0.5, 0.6) is 0 Å². The van der Waals surface area contributed by atoms with Crippen LogP contribution in [0, 0.1) is 5.92 Å². The highest BCUT2D eigenvalue weighted by atomic mass is 79.9. The predicted octanol–water partition coefficient (Wildman–Crippen LogP) is 5.48. The summed E-state index contributed by atoms with van der Waals surface area (Å²) in [5.74, 6) is -0.210. The first-order valence-electron chi connectivity index (χ1n) is 7.92. The van der Waals surface area contributed by atoms with Crippen molar-refractivity contribution in [3.8, 4) is 0 Å². The largest absolute Gasteiger partial charge is 0.462 e. The van der Waals surface area contributed by atoms with E-state index in [1.807, 2.05) is 24.3 Å². The van der Waals surface area contributed by atoms with Gasteiger partial charge in [0.25, 0.3) is 0 Å². The van der Waals surface area contributed by atoms with E-state index < -0.39 is 5.60 Å². The second-order valence-corrected chi connectivity index (χ2v) is 7.50. The monoisotopic (exact) mass is 442 g/mol. The Morgan fingerprint density at radius 1 is 1.24 bits per heavy atom. The minimum Gasteiger partial charge on any atom is -0.462 e. The Morgan fingerprint density at radius 3 is 2.68 bits per heavy atom. The predicted molar refractivity (Wildman–Crippen MR) is 103 cm³/mol. The minimum atomic E-state index is -0.536. The molecular formula is C19H17BrCl2O3. The number of carbonyl (C=O) groups excluding carboxylic acids is 1. The number of esters is 1. The molecule has 25 heavy (non-hydrogen) atoms. The summed E-state index contributed by atoms with van der Waals surface area (Å²) in [5, 5.41) is 1.77. The van der Waals surface area contributed by atoms with Gasteiger partial charge >= 0.3 is 5.97 Å². The molecule has 0 radical (unpaired) electrons. The third-order valence-corrected chi connectivity index (χ3v) is 5.76. The molecule has 0 spiro atoms. The van der Waals surface area contributed by atoms with Gasteiger partial charge in [0.1, 0.15) is 5.60 Å². The van der Waals surface area contributed by atoms with Crippen LogP contribution in [0.15, 0.2) is 48.5 Å². The molecule has 1 aliphatic heterocycles. The molecule has 2 aromatic carbocycles. The van der Waals surface area contributed by atoms with Crippen molar-refractivity contribution in [3.05, 3.63) is 69.7 Å². The summed E-state index contributed by atoms with van der Waals surface area (Å²) >= 11 is 15.9. The van der Waals surface area contributed by atoms with Gasteiger partial charge < -0.3 is 9.47 Å². The average molecular weight is 444 g/mol. The van der Waals surface area contributed by atoms with Gasteiger partial charge in [-0.1, -0.05) is 63.4 Å². The van der Waals surface area contributed by atoms with Crippen molar-refractivity contribution < 1.29 is 14.3 Å². The molecule has 0 aromatic heterocycles. The standard InChI is InChI=1S/C19H17BrCl2O3/c20-12-19(16-7-6-15(21)8-17(16)22)9-13(11-25-19)10-24-18(23)14-4-2-1-3-5-14/h1-8,13H,9-12H2/t13-,19+/m1/s1. The third-order valence-electron chi connectivity index (χ3n) is 4.31. The fraction of sp³-hybridized carbons (Fsp3) is 0.316. The Balaban J connectivity index is 1.66. The summed E-state index contributed by atoms with van der Waals surface area (Å²) in [6.07, 6.45) is 0.710. The van der Waals surface area contributed by atoms with Crippen molar-refractivity contribution >= 4 is 45.1 Å². The van der Waals surface area contributed by atoms with Crippen molar-refractivity contribution in [2.45, 2.75) is 12.0 Å². The lowest BCUT2D eigenvalue weighted by molar-refractivity contribution is 0.0184. The van der Waals surface area contributed by atoms with Gasteiger partial charge in [-0.25, -0.2) is 4.79 Å². The van der Waals surface area contributed by atoms with Crippen LogP contribution in [-0.2, 0) is 15.1 Å². The van der Waals surface area contributed by atoms with Crippen molar-refractivity contribution in [3.63, 3.8) is 0 Å². The first kappa shape index (κ1) is 18.7. The van der Waals surface area contributed by atoms with Crippen molar-refractivity contribution in [1.29, 1.82) is 0 Å². The van der Waals surface area contributed by atoms with Crippen LogP contribution < -0.4 is 0 Å². The molecule has 0 amide bonds. The van der Waals surface area contributed by atoms with Gasteiger partial charge in [-0.3, -0.25) is 0 Å². The van der Waals surface area contributed by atoms with Crippen molar-refractivity contribution in [2.75, 3.05) is 18.5 Å². The maximum Gasteiger partial charge on any atom is 0.338 e. The molecule has 1 aliphatic rings. The van der Waals surface area contributed by atoms with Gasteiger partial charge in [0.15, 0.2) is 0 Å². The fourth-order valence-electron chi connectivity index (χ4n) is 3.03. The van der Waals surface area contributed by atoms with Gasteiger partial charge in [-0.15, -0.1) is 0 Å². The van der Waals surface area contributed by atoms with E-state index in [0.29, 0.717) is 40.6 Å². The molecule has 0 unspecified atom stereocenters. The van der Waals surface area contributed by atoms with E-state index in [9.17, 15) is 4.79 Å². The number of hydrogen-bond acceptors (Lipinski definition) is 3. The minimum absolute atomic E-state index is 0.108. The Bertz CT molecular complexity index is 754. The fourth-order valence-corrected chi connectivity index (χ4v) is 4.31. The van der Waals surface area contributed by atoms with Gasteiger partial charge in [0, 0.05) is 26.9 Å². The van der Waals surface area contributed by atoms with Crippen molar-refractivity contribution in [1.82, 2.24) is 0 Å². The molecule has 0 N–H and O–H groups in total. The Kier molecular flexibility index (Phi) is 6.05. The van der Waals surface area contributed by atoms with E-state index in [2.05, 4.69) is 15.9 Å². The molecule has 3 nitrogen and oxygen atoms in total. The SMILES string of the molecule is O=C(OC[C@@H]1CO[C@@](CBr)(c2ccc(Cl)cc2Cl)C1)c1ccccc1. The Hall–Kier alpha value is -1.07. The van der Waals surface area contributed by atoms with E-state index in [1.165, 1.54) is 0 Å². The lowest BCUT2D eigenvalue weighted by atomic mass is 9.89. The lowest BCUT2D eigenvalue weighted by Crippen LogP contribution is -2.27. The molecule has 1 fully saturated rings. The van der Waals surface area contributed by atoms with Crippen LogP contribution in [-0.4, -0.2) is 24.5 Å². The van der Waals surface area contributed by atoms with E-state index in [-0.39, 0.29) is 11.9 Å². The van der Waals surface area contributed by atoms with Crippen molar-refractivity contribution in [2.24, 2.45) is 5.92 Å². The normalized spacial score (nSPS) is 22.8. The highest BCUT2D eigenvalue weighted by molar-refractivity contribution is 9.09. The van der Waals surface area contributed by atoms with Crippen LogP contribution in [0.3, 0.4) is 0 Å². The van der Waals surface area contributed by atoms with Gasteiger partial charge in [-0.05, 0) is 30.7 Å². The molecule has 2 aromatic rings. The van der Waals surface area contributed by atoms with Crippen LogP contribution in [0.2, 0.25) is 10.0 Å². The molecule has 0 saturated carbocycles. The average Bonchev–Trinajstić information content (AvgIpc) is 3.05. The smallest absolute Gasteiger partial charge is 0.338 e. The molecule has 0 aliphatic carbocycles. The highest BCUT2D eigenvalue weighted by Gasteiger charge is 2.42. The van der Waals surface area contributed by atoms with Gasteiger partial charge in [-0.2, -0.15) is 0 Å². The zero-order chi connectivity index (χ0) is 17.9. The summed E-state index contributed by atoms with van der Waals surface area (Å²) < 4.78 is 11.5.